The van der Waals surface area contributed by atoms with E-state index in [4.69, 9.17) is 0 Å². The molecule has 0 bridgehead atoms. The van der Waals surface area contributed by atoms with Crippen LogP contribution in [0.4, 0.5) is 80.3 Å². The van der Waals surface area contributed by atoms with Gasteiger partial charge in [-0.25, -0.2) is 0 Å². The summed E-state index contributed by atoms with van der Waals surface area (Å²) >= 11 is 0. The normalized spacial score (nSPS) is 16.1. The minimum atomic E-state index is -8.68. The van der Waals surface area contributed by atoms with Crippen molar-refractivity contribution < 1.29 is 79.7 Å². The maximum atomic E-state index is 14.1. The second kappa shape index (κ2) is 9.21. The average Bonchev–Trinajstić information content (AvgIpc) is 2.71. The number of nitrogens with zero attached hydrogens (tertiary/aromatic N) is 1. The lowest BCUT2D eigenvalue weighted by Crippen LogP contribution is -2.74. The lowest BCUT2D eigenvalue weighted by molar-refractivity contribution is -0.462. The van der Waals surface area contributed by atoms with Crippen LogP contribution in [0.15, 0.2) is 24.3 Å². The molecule has 216 valence electrons. The molecule has 1 unspecified atom stereocenters. The van der Waals surface area contributed by atoms with Crippen molar-refractivity contribution >= 4 is 5.69 Å². The summed E-state index contributed by atoms with van der Waals surface area (Å²) in [6.07, 6.45) is -13.7. The van der Waals surface area contributed by atoms with E-state index in [1.54, 1.807) is 0 Å². The molecule has 0 aromatic heterocycles. The van der Waals surface area contributed by atoms with Crippen molar-refractivity contribution in [1.82, 2.24) is 0 Å². The van der Waals surface area contributed by atoms with Crippen molar-refractivity contribution in [2.75, 3.05) is 19.0 Å². The predicted octanol–water partition coefficient (Wildman–Crippen LogP) is 7.19. The maximum absolute atomic E-state index is 14.1. The molecule has 1 rings (SSSR count). The highest BCUT2D eigenvalue weighted by Crippen LogP contribution is 2.64. The summed E-state index contributed by atoms with van der Waals surface area (Å²) in [5.74, 6) is -57.0. The van der Waals surface area contributed by atoms with Crippen LogP contribution in [0, 0.1) is 0 Å². The van der Waals surface area contributed by atoms with Crippen molar-refractivity contribution in [2.45, 2.75) is 60.2 Å². The molecule has 0 spiro atoms. The van der Waals surface area contributed by atoms with Gasteiger partial charge in [0, 0.05) is 31.8 Å². The van der Waals surface area contributed by atoms with Gasteiger partial charge in [0.05, 0.1) is 6.10 Å². The summed E-state index contributed by atoms with van der Waals surface area (Å²) in [6.45, 7) is 0. The highest BCUT2D eigenvalue weighted by molar-refractivity contribution is 5.53. The standard InChI is InChI=1S/C18H14F17NO/c1-36(2)9-6-4-3-5-8(9)10(37)7-11(19,20)12(21,22)13(23,24)14(25,26)15(27,28)16(29,30)17(31,32)18(33,34)35/h3-6,10,37H,7H2,1-2H3. The molecule has 0 amide bonds. The molecule has 0 aliphatic rings. The number of aliphatic hydroxyl groups excluding tert-OH is 1. The van der Waals surface area contributed by atoms with Crippen LogP contribution in [-0.2, 0) is 0 Å². The number of alkyl halides is 17. The SMILES string of the molecule is CN(C)c1ccccc1C(O)CC(F)(F)C(F)(F)C(F)(F)C(F)(F)C(F)(F)C(F)(F)C(F)(F)C(F)(F)F. The Balaban J connectivity index is 3.58. The van der Waals surface area contributed by atoms with E-state index in [2.05, 4.69) is 0 Å². The van der Waals surface area contributed by atoms with Gasteiger partial charge in [-0.1, -0.05) is 18.2 Å². The Kier molecular flexibility index (Phi) is 8.17. The molecule has 0 saturated heterocycles. The molecule has 1 atom stereocenters. The third kappa shape index (κ3) is 4.75. The largest absolute Gasteiger partial charge is 0.460 e. The summed E-state index contributed by atoms with van der Waals surface area (Å²) in [7, 11) is 2.40. The lowest BCUT2D eigenvalue weighted by atomic mass is 9.87. The van der Waals surface area contributed by atoms with Crippen LogP contribution in [0.1, 0.15) is 18.1 Å². The molecule has 1 N–H and O–H groups in total. The fourth-order valence-electron chi connectivity index (χ4n) is 2.85. The third-order valence-electron chi connectivity index (χ3n) is 5.01. The molecule has 19 heteroatoms. The fourth-order valence-corrected chi connectivity index (χ4v) is 2.85. The highest BCUT2D eigenvalue weighted by Gasteiger charge is 2.95. The van der Waals surface area contributed by atoms with E-state index in [0.29, 0.717) is 0 Å². The number of halogens is 17. The number of benzene rings is 1. The van der Waals surface area contributed by atoms with Crippen LogP contribution in [0.25, 0.3) is 0 Å². The molecule has 1 aromatic rings. The first-order valence-corrected chi connectivity index (χ1v) is 9.22. The van der Waals surface area contributed by atoms with Gasteiger partial charge in [-0.2, -0.15) is 74.6 Å². The Morgan fingerprint density at radius 3 is 1.32 bits per heavy atom. The molecule has 0 radical (unpaired) electrons. The van der Waals surface area contributed by atoms with E-state index in [-0.39, 0.29) is 5.69 Å². The smallest absolute Gasteiger partial charge is 0.388 e. The monoisotopic (exact) mass is 583 g/mol. The zero-order chi connectivity index (χ0) is 29.8. The Morgan fingerprint density at radius 1 is 0.595 bits per heavy atom. The van der Waals surface area contributed by atoms with Gasteiger partial charge in [0.1, 0.15) is 0 Å². The van der Waals surface area contributed by atoms with E-state index < -0.39 is 65.7 Å². The number of aliphatic hydroxyl groups is 1. The second-order valence-corrected chi connectivity index (χ2v) is 7.82. The zero-order valence-electron chi connectivity index (χ0n) is 17.9. The number of hydrogen-bond donors (Lipinski definition) is 1. The first kappa shape index (κ1) is 32.8. The minimum absolute atomic E-state index is 0.230. The van der Waals surface area contributed by atoms with Gasteiger partial charge in [-0.05, 0) is 6.07 Å². The molecule has 0 aliphatic carbocycles. The molecule has 2 nitrogen and oxygen atoms in total. The number of rotatable bonds is 10. The van der Waals surface area contributed by atoms with E-state index in [1.807, 2.05) is 0 Å². The number of anilines is 1. The lowest BCUT2D eigenvalue weighted by Gasteiger charge is -2.43. The van der Waals surface area contributed by atoms with Crippen LogP contribution in [0.3, 0.4) is 0 Å². The average molecular weight is 583 g/mol. The molecule has 0 heterocycles. The van der Waals surface area contributed by atoms with E-state index in [0.717, 1.165) is 23.1 Å². The molecular formula is C18H14F17NO. The fraction of sp³-hybridized carbons (Fsp3) is 0.667. The maximum Gasteiger partial charge on any atom is 0.460 e. The summed E-state index contributed by atoms with van der Waals surface area (Å²) < 4.78 is 226. The summed E-state index contributed by atoms with van der Waals surface area (Å²) in [4.78, 5) is 1.06. The van der Waals surface area contributed by atoms with Crippen LogP contribution in [-0.4, -0.2) is 66.8 Å². The number of para-hydroxylation sites is 1. The molecule has 0 aliphatic heterocycles. The third-order valence-corrected chi connectivity index (χ3v) is 5.01. The summed E-state index contributed by atoms with van der Waals surface area (Å²) in [5, 5.41) is 9.84. The zero-order valence-corrected chi connectivity index (χ0v) is 17.9. The quantitative estimate of drug-likeness (QED) is 0.295. The first-order chi connectivity index (χ1) is 16.1. The van der Waals surface area contributed by atoms with E-state index >= 15 is 0 Å². The van der Waals surface area contributed by atoms with Gasteiger partial charge in [-0.15, -0.1) is 0 Å². The Bertz CT molecular complexity index is 954. The molecule has 1 aromatic carbocycles. The molecular weight excluding hydrogens is 569 g/mol. The van der Waals surface area contributed by atoms with Gasteiger partial charge < -0.3 is 10.0 Å². The Hall–Kier alpha value is -2.21. The topological polar surface area (TPSA) is 23.5 Å². The highest BCUT2D eigenvalue weighted by atomic mass is 19.4. The summed E-state index contributed by atoms with van der Waals surface area (Å²) in [5.41, 5.74) is -0.952. The van der Waals surface area contributed by atoms with Crippen molar-refractivity contribution in [1.29, 1.82) is 0 Å². The van der Waals surface area contributed by atoms with Gasteiger partial charge in [0.25, 0.3) is 0 Å². The summed E-state index contributed by atoms with van der Waals surface area (Å²) in [6, 6.07) is 4.01. The van der Waals surface area contributed by atoms with Gasteiger partial charge in [0.2, 0.25) is 0 Å². The molecule has 37 heavy (non-hydrogen) atoms. The van der Waals surface area contributed by atoms with Crippen LogP contribution < -0.4 is 4.90 Å². The number of hydrogen-bond acceptors (Lipinski definition) is 2. The van der Waals surface area contributed by atoms with Crippen molar-refractivity contribution in [3.8, 4) is 0 Å². The van der Waals surface area contributed by atoms with Crippen molar-refractivity contribution in [3.63, 3.8) is 0 Å². The first-order valence-electron chi connectivity index (χ1n) is 9.22. The van der Waals surface area contributed by atoms with Crippen LogP contribution >= 0.6 is 0 Å². The Morgan fingerprint density at radius 2 is 0.946 bits per heavy atom. The molecule has 0 saturated carbocycles. The van der Waals surface area contributed by atoms with Gasteiger partial charge in [-0.3, -0.25) is 0 Å². The predicted molar refractivity (Wildman–Crippen MR) is 91.0 cm³/mol. The van der Waals surface area contributed by atoms with Crippen LogP contribution in [0.2, 0.25) is 0 Å². The van der Waals surface area contributed by atoms with Crippen molar-refractivity contribution in [2.24, 2.45) is 0 Å². The second-order valence-electron chi connectivity index (χ2n) is 7.82. The van der Waals surface area contributed by atoms with Crippen LogP contribution in [0.5, 0.6) is 0 Å². The van der Waals surface area contributed by atoms with Gasteiger partial charge in [0.15, 0.2) is 0 Å². The van der Waals surface area contributed by atoms with Gasteiger partial charge >= 0.3 is 47.6 Å². The van der Waals surface area contributed by atoms with E-state index in [1.165, 1.54) is 20.2 Å². The van der Waals surface area contributed by atoms with Crippen molar-refractivity contribution in [3.05, 3.63) is 29.8 Å². The molecule has 0 fully saturated rings. The minimum Gasteiger partial charge on any atom is -0.388 e. The Labute approximate surface area is 195 Å². The van der Waals surface area contributed by atoms with E-state index in [9.17, 15) is 79.7 Å².